The van der Waals surface area contributed by atoms with Crippen LogP contribution in [-0.2, 0) is 0 Å². The number of carbonyl (C=O) groups excluding carboxylic acids is 1. The molecule has 3 rings (SSSR count). The summed E-state index contributed by atoms with van der Waals surface area (Å²) < 4.78 is 16.3. The maximum absolute atomic E-state index is 14.2. The summed E-state index contributed by atoms with van der Waals surface area (Å²) in [5.41, 5.74) is 6.24. The van der Waals surface area contributed by atoms with Gasteiger partial charge in [0.2, 0.25) is 0 Å². The third-order valence-corrected chi connectivity index (χ3v) is 6.33. The smallest absolute Gasteiger partial charge is 0.253 e. The Morgan fingerprint density at radius 2 is 1.85 bits per heavy atom. The summed E-state index contributed by atoms with van der Waals surface area (Å²) in [7, 11) is 0. The molecular formula is C29H38FN3O. The Balaban J connectivity index is 2.41. The highest BCUT2D eigenvalue weighted by atomic mass is 19.1. The number of aliphatic imine (C=N–C) groups is 1. The van der Waals surface area contributed by atoms with Crippen molar-refractivity contribution >= 4 is 23.0 Å². The van der Waals surface area contributed by atoms with Gasteiger partial charge in [0.15, 0.2) is 0 Å². The van der Waals surface area contributed by atoms with Crippen LogP contribution in [0.1, 0.15) is 92.0 Å². The van der Waals surface area contributed by atoms with Crippen molar-refractivity contribution < 1.29 is 9.18 Å². The summed E-state index contributed by atoms with van der Waals surface area (Å²) in [4.78, 5) is 18.1. The fourth-order valence-electron chi connectivity index (χ4n) is 4.56. The molecule has 0 radical (unpaired) electrons. The van der Waals surface area contributed by atoms with Crippen LogP contribution in [0.25, 0.3) is 16.6 Å². The maximum atomic E-state index is 14.2. The van der Waals surface area contributed by atoms with E-state index in [-0.39, 0.29) is 17.6 Å². The number of nitrogens with zero attached hydrogens (tertiary/aromatic N) is 2. The topological polar surface area (TPSA) is 46.4 Å². The highest BCUT2D eigenvalue weighted by Crippen LogP contribution is 2.37. The van der Waals surface area contributed by atoms with Crippen LogP contribution < -0.4 is 5.32 Å². The van der Waals surface area contributed by atoms with Crippen molar-refractivity contribution in [2.45, 2.75) is 73.1 Å². The first-order valence-electron chi connectivity index (χ1n) is 12.6. The first-order chi connectivity index (χ1) is 16.3. The molecule has 0 aliphatic carbocycles. The molecule has 1 aromatic heterocycles. The number of amides is 1. The van der Waals surface area contributed by atoms with E-state index in [0.29, 0.717) is 12.1 Å². The van der Waals surface area contributed by atoms with E-state index in [4.69, 9.17) is 0 Å². The van der Waals surface area contributed by atoms with Crippen molar-refractivity contribution in [3.05, 3.63) is 64.1 Å². The molecule has 4 nitrogen and oxygen atoms in total. The number of rotatable bonds is 10. The molecule has 3 aromatic rings. The molecule has 1 N–H and O–H groups in total. The van der Waals surface area contributed by atoms with Crippen LogP contribution in [0.3, 0.4) is 0 Å². The Hall–Kier alpha value is -2.95. The summed E-state index contributed by atoms with van der Waals surface area (Å²) in [6.07, 6.45) is 5.75. The van der Waals surface area contributed by atoms with Gasteiger partial charge in [0.25, 0.3) is 5.91 Å². The van der Waals surface area contributed by atoms with Gasteiger partial charge >= 0.3 is 0 Å². The molecule has 1 heterocycles. The summed E-state index contributed by atoms with van der Waals surface area (Å²) in [6.45, 7) is 13.8. The van der Waals surface area contributed by atoms with Crippen molar-refractivity contribution in [3.63, 3.8) is 0 Å². The molecule has 1 unspecified atom stereocenters. The molecular weight excluding hydrogens is 425 g/mol. The second kappa shape index (κ2) is 11.5. The quantitative estimate of drug-likeness (QED) is 0.316. The fraction of sp³-hybridized carbons (Fsp3) is 0.448. The minimum absolute atomic E-state index is 0.0470. The zero-order valence-corrected chi connectivity index (χ0v) is 21.5. The van der Waals surface area contributed by atoms with Crippen molar-refractivity contribution in [1.29, 1.82) is 0 Å². The minimum Gasteiger partial charge on any atom is -0.352 e. The van der Waals surface area contributed by atoms with E-state index in [1.807, 2.05) is 18.3 Å². The standard InChI is InChI=1S/C29H38FN3O/c1-7-10-19(4)28-27(29(34)32-14-9-3)24-16-20(5)22(18-31-13-8-2)17-26(24)33(28)23-11-12-25(30)21(6)15-23/h11-12,15-19H,7-10,13-14H2,1-6H3,(H,32,34)/b31-18-. The van der Waals surface area contributed by atoms with Crippen LogP contribution in [-0.4, -0.2) is 29.8 Å². The van der Waals surface area contributed by atoms with E-state index < -0.39 is 0 Å². The van der Waals surface area contributed by atoms with Crippen LogP contribution in [0.2, 0.25) is 0 Å². The highest BCUT2D eigenvalue weighted by molar-refractivity contribution is 6.10. The molecule has 34 heavy (non-hydrogen) atoms. The Morgan fingerprint density at radius 3 is 2.50 bits per heavy atom. The molecule has 0 saturated heterocycles. The van der Waals surface area contributed by atoms with E-state index >= 15 is 0 Å². The molecule has 0 aliphatic rings. The summed E-state index contributed by atoms with van der Waals surface area (Å²) in [5.74, 6) is -0.121. The SMILES string of the molecule is CCC/N=C\c1cc2c(cc1C)c(C(=O)NCCC)c(C(C)CCC)n2-c1ccc(F)c(C)c1. The predicted molar refractivity (Wildman–Crippen MR) is 141 cm³/mol. The number of halogens is 1. The first kappa shape index (κ1) is 25.7. The number of aryl methyl sites for hydroxylation is 2. The van der Waals surface area contributed by atoms with Gasteiger partial charge in [0, 0.05) is 36.1 Å². The van der Waals surface area contributed by atoms with Gasteiger partial charge in [-0.1, -0.05) is 34.1 Å². The number of aromatic nitrogens is 1. The molecule has 0 bridgehead atoms. The zero-order chi connectivity index (χ0) is 24.8. The van der Waals surface area contributed by atoms with E-state index in [1.54, 1.807) is 6.92 Å². The average molecular weight is 464 g/mol. The van der Waals surface area contributed by atoms with Crippen LogP contribution in [0.5, 0.6) is 0 Å². The normalized spacial score (nSPS) is 12.6. The van der Waals surface area contributed by atoms with Gasteiger partial charge in [-0.05, 0) is 86.1 Å². The van der Waals surface area contributed by atoms with Gasteiger partial charge < -0.3 is 9.88 Å². The monoisotopic (exact) mass is 463 g/mol. The number of fused-ring (bicyclic) bond motifs is 1. The predicted octanol–water partition coefficient (Wildman–Crippen LogP) is 7.26. The molecule has 0 fully saturated rings. The second-order valence-corrected chi connectivity index (χ2v) is 9.24. The van der Waals surface area contributed by atoms with Crippen LogP contribution in [0.4, 0.5) is 4.39 Å². The lowest BCUT2D eigenvalue weighted by atomic mass is 9.96. The van der Waals surface area contributed by atoms with Crippen molar-refractivity contribution in [2.75, 3.05) is 13.1 Å². The van der Waals surface area contributed by atoms with Crippen LogP contribution >= 0.6 is 0 Å². The van der Waals surface area contributed by atoms with Crippen LogP contribution in [0, 0.1) is 19.7 Å². The molecule has 1 atom stereocenters. The van der Waals surface area contributed by atoms with Gasteiger partial charge in [-0.3, -0.25) is 9.79 Å². The van der Waals surface area contributed by atoms with Gasteiger partial charge in [-0.25, -0.2) is 4.39 Å². The molecule has 0 spiro atoms. The first-order valence-corrected chi connectivity index (χ1v) is 12.6. The number of hydrogen-bond acceptors (Lipinski definition) is 2. The van der Waals surface area contributed by atoms with Gasteiger partial charge in [-0.2, -0.15) is 0 Å². The zero-order valence-electron chi connectivity index (χ0n) is 21.5. The summed E-state index contributed by atoms with van der Waals surface area (Å²) in [6, 6.07) is 9.43. The van der Waals surface area contributed by atoms with Gasteiger partial charge in [-0.15, -0.1) is 0 Å². The van der Waals surface area contributed by atoms with Gasteiger partial charge in [0.1, 0.15) is 5.82 Å². The molecule has 182 valence electrons. The highest BCUT2D eigenvalue weighted by Gasteiger charge is 2.27. The Kier molecular flexibility index (Phi) is 8.65. The van der Waals surface area contributed by atoms with Crippen molar-refractivity contribution in [2.24, 2.45) is 4.99 Å². The van der Waals surface area contributed by atoms with Crippen molar-refractivity contribution in [1.82, 2.24) is 9.88 Å². The average Bonchev–Trinajstić information content (AvgIpc) is 3.13. The van der Waals surface area contributed by atoms with E-state index in [2.05, 4.69) is 61.6 Å². The number of benzene rings is 2. The molecule has 5 heteroatoms. The summed E-state index contributed by atoms with van der Waals surface area (Å²) in [5, 5.41) is 4.03. The second-order valence-electron chi connectivity index (χ2n) is 9.24. The number of nitrogens with one attached hydrogen (secondary N) is 1. The Morgan fingerprint density at radius 1 is 1.09 bits per heavy atom. The lowest BCUT2D eigenvalue weighted by Crippen LogP contribution is -2.25. The molecule has 0 aliphatic heterocycles. The number of hydrogen-bond donors (Lipinski definition) is 1. The Bertz CT molecular complexity index is 1190. The van der Waals surface area contributed by atoms with Crippen molar-refractivity contribution in [3.8, 4) is 5.69 Å². The van der Waals surface area contributed by atoms with Crippen LogP contribution in [0.15, 0.2) is 35.3 Å². The lowest BCUT2D eigenvalue weighted by molar-refractivity contribution is 0.0953. The third kappa shape index (κ3) is 5.24. The summed E-state index contributed by atoms with van der Waals surface area (Å²) >= 11 is 0. The number of carbonyl (C=O) groups is 1. The lowest BCUT2D eigenvalue weighted by Gasteiger charge is -2.19. The molecule has 2 aromatic carbocycles. The molecule has 0 saturated carbocycles. The third-order valence-electron chi connectivity index (χ3n) is 6.33. The largest absolute Gasteiger partial charge is 0.352 e. The Labute approximate surface area is 203 Å². The van der Waals surface area contributed by atoms with E-state index in [1.165, 1.54) is 6.07 Å². The fourth-order valence-corrected chi connectivity index (χ4v) is 4.56. The van der Waals surface area contributed by atoms with E-state index in [9.17, 15) is 9.18 Å². The van der Waals surface area contributed by atoms with E-state index in [0.717, 1.165) is 71.2 Å². The maximum Gasteiger partial charge on any atom is 0.253 e. The molecule has 1 amide bonds. The van der Waals surface area contributed by atoms with Gasteiger partial charge in [0.05, 0.1) is 11.1 Å². The minimum atomic E-state index is -0.229.